The molecule has 106 valence electrons. The fourth-order valence-corrected chi connectivity index (χ4v) is 2.37. The molecule has 0 amide bonds. The Morgan fingerprint density at radius 2 is 2.00 bits per heavy atom. The summed E-state index contributed by atoms with van der Waals surface area (Å²) < 4.78 is 5.79. The zero-order valence-corrected chi connectivity index (χ0v) is 12.3. The van der Waals surface area contributed by atoms with Crippen molar-refractivity contribution in [1.82, 2.24) is 0 Å². The lowest BCUT2D eigenvalue weighted by Gasteiger charge is -2.09. The zero-order valence-electron chi connectivity index (χ0n) is 12.3. The molecule has 0 N–H and O–H groups in total. The van der Waals surface area contributed by atoms with Crippen LogP contribution in [0.1, 0.15) is 38.7 Å². The van der Waals surface area contributed by atoms with E-state index in [2.05, 4.69) is 25.1 Å². The van der Waals surface area contributed by atoms with E-state index in [1.165, 1.54) is 12.8 Å². The maximum atomic E-state index is 11.4. The van der Waals surface area contributed by atoms with Crippen molar-refractivity contribution >= 4 is 16.6 Å². The van der Waals surface area contributed by atoms with Crippen LogP contribution in [0.4, 0.5) is 0 Å². The number of carbonyl (C=O) groups excluding carboxylic acids is 1. The highest BCUT2D eigenvalue weighted by molar-refractivity contribution is 5.91. The first-order chi connectivity index (χ1) is 9.70. The predicted molar refractivity (Wildman–Crippen MR) is 83.4 cm³/mol. The Kier molecular flexibility index (Phi) is 5.16. The third-order valence-corrected chi connectivity index (χ3v) is 3.40. The number of ether oxygens (including phenoxy) is 1. The Hall–Kier alpha value is -1.83. The van der Waals surface area contributed by atoms with Crippen LogP contribution in [0.3, 0.4) is 0 Å². The van der Waals surface area contributed by atoms with Gasteiger partial charge < -0.3 is 4.74 Å². The molecule has 0 saturated carbocycles. The standard InChI is InChI=1S/C18H22O2/c1-3-4-5-11-20-17-10-9-15-7-6-8-16(12-14(2)19)18(15)13-17/h6-10,13H,3-5,11-12H2,1-2H3. The summed E-state index contributed by atoms with van der Waals surface area (Å²) >= 11 is 0. The van der Waals surface area contributed by atoms with Gasteiger partial charge in [0.05, 0.1) is 6.61 Å². The van der Waals surface area contributed by atoms with Crippen LogP contribution in [0.2, 0.25) is 0 Å². The number of Topliss-reactive ketones (excluding diaryl/α,β-unsaturated/α-hetero) is 1. The monoisotopic (exact) mass is 270 g/mol. The molecule has 20 heavy (non-hydrogen) atoms. The van der Waals surface area contributed by atoms with E-state index in [0.29, 0.717) is 6.42 Å². The molecule has 2 aromatic rings. The number of ketones is 1. The van der Waals surface area contributed by atoms with Gasteiger partial charge in [-0.25, -0.2) is 0 Å². The molecule has 0 aliphatic rings. The second kappa shape index (κ2) is 7.09. The Bertz CT molecular complexity index is 587. The maximum absolute atomic E-state index is 11.4. The van der Waals surface area contributed by atoms with Gasteiger partial charge in [-0.05, 0) is 41.8 Å². The molecular formula is C18H22O2. The first kappa shape index (κ1) is 14.6. The second-order valence-corrected chi connectivity index (χ2v) is 5.23. The molecule has 0 aromatic heterocycles. The molecule has 0 spiro atoms. The number of hydrogen-bond acceptors (Lipinski definition) is 2. The van der Waals surface area contributed by atoms with Crippen molar-refractivity contribution in [2.45, 2.75) is 39.5 Å². The Morgan fingerprint density at radius 1 is 1.15 bits per heavy atom. The van der Waals surface area contributed by atoms with Crippen LogP contribution < -0.4 is 4.74 Å². The molecule has 2 aromatic carbocycles. The molecule has 2 heteroatoms. The average Bonchev–Trinajstić information content (AvgIpc) is 2.43. The third-order valence-electron chi connectivity index (χ3n) is 3.40. The first-order valence-corrected chi connectivity index (χ1v) is 7.34. The van der Waals surface area contributed by atoms with E-state index in [9.17, 15) is 4.79 Å². The van der Waals surface area contributed by atoms with Gasteiger partial charge in [-0.1, -0.05) is 44.0 Å². The van der Waals surface area contributed by atoms with Crippen LogP contribution in [-0.4, -0.2) is 12.4 Å². The highest BCUT2D eigenvalue weighted by Gasteiger charge is 2.05. The van der Waals surface area contributed by atoms with Crippen molar-refractivity contribution < 1.29 is 9.53 Å². The summed E-state index contributed by atoms with van der Waals surface area (Å²) in [6.45, 7) is 4.57. The summed E-state index contributed by atoms with van der Waals surface area (Å²) in [5.41, 5.74) is 1.08. The van der Waals surface area contributed by atoms with E-state index < -0.39 is 0 Å². The minimum absolute atomic E-state index is 0.187. The van der Waals surface area contributed by atoms with E-state index in [1.54, 1.807) is 6.92 Å². The molecular weight excluding hydrogens is 248 g/mol. The minimum atomic E-state index is 0.187. The summed E-state index contributed by atoms with van der Waals surface area (Å²) in [6.07, 6.45) is 3.97. The average molecular weight is 270 g/mol. The van der Waals surface area contributed by atoms with Crippen molar-refractivity contribution in [1.29, 1.82) is 0 Å². The van der Waals surface area contributed by atoms with Crippen molar-refractivity contribution in [2.24, 2.45) is 0 Å². The summed E-state index contributed by atoms with van der Waals surface area (Å²) in [7, 11) is 0. The molecule has 0 fully saturated rings. The maximum Gasteiger partial charge on any atom is 0.134 e. The predicted octanol–water partition coefficient (Wildman–Crippen LogP) is 4.54. The highest BCUT2D eigenvalue weighted by Crippen LogP contribution is 2.25. The largest absolute Gasteiger partial charge is 0.494 e. The molecule has 0 heterocycles. The molecule has 0 aliphatic heterocycles. The Balaban J connectivity index is 2.20. The van der Waals surface area contributed by atoms with Crippen LogP contribution in [0.15, 0.2) is 36.4 Å². The van der Waals surface area contributed by atoms with Crippen molar-refractivity contribution in [3.8, 4) is 5.75 Å². The Labute approximate surface area is 120 Å². The molecule has 0 radical (unpaired) electrons. The van der Waals surface area contributed by atoms with Crippen molar-refractivity contribution in [3.63, 3.8) is 0 Å². The van der Waals surface area contributed by atoms with Gasteiger partial charge in [0.15, 0.2) is 0 Å². The Morgan fingerprint density at radius 3 is 2.75 bits per heavy atom. The first-order valence-electron chi connectivity index (χ1n) is 7.34. The quantitative estimate of drug-likeness (QED) is 0.690. The lowest BCUT2D eigenvalue weighted by atomic mass is 10.0. The van der Waals surface area contributed by atoms with Crippen LogP contribution in [0, 0.1) is 0 Å². The smallest absolute Gasteiger partial charge is 0.134 e. The number of benzene rings is 2. The number of hydrogen-bond donors (Lipinski definition) is 0. The summed E-state index contributed by atoms with van der Waals surface area (Å²) in [4.78, 5) is 11.4. The fraction of sp³-hybridized carbons (Fsp3) is 0.389. The summed E-state index contributed by atoms with van der Waals surface area (Å²) in [6, 6.07) is 12.2. The number of carbonyl (C=O) groups is 1. The molecule has 0 bridgehead atoms. The summed E-state index contributed by atoms with van der Waals surface area (Å²) in [5.74, 6) is 1.08. The van der Waals surface area contributed by atoms with Gasteiger partial charge in [-0.2, -0.15) is 0 Å². The van der Waals surface area contributed by atoms with Crippen LogP contribution in [0.5, 0.6) is 5.75 Å². The van der Waals surface area contributed by atoms with Gasteiger partial charge in [0.1, 0.15) is 11.5 Å². The SMILES string of the molecule is CCCCCOc1ccc2cccc(CC(C)=O)c2c1. The lowest BCUT2D eigenvalue weighted by Crippen LogP contribution is -1.99. The van der Waals surface area contributed by atoms with Crippen LogP contribution in [0.25, 0.3) is 10.8 Å². The second-order valence-electron chi connectivity index (χ2n) is 5.23. The molecule has 2 nitrogen and oxygen atoms in total. The fourth-order valence-electron chi connectivity index (χ4n) is 2.37. The van der Waals surface area contributed by atoms with Crippen LogP contribution >= 0.6 is 0 Å². The highest BCUT2D eigenvalue weighted by atomic mass is 16.5. The molecule has 0 saturated heterocycles. The zero-order chi connectivity index (χ0) is 14.4. The van der Waals surface area contributed by atoms with Gasteiger partial charge >= 0.3 is 0 Å². The number of rotatable bonds is 7. The lowest BCUT2D eigenvalue weighted by molar-refractivity contribution is -0.116. The third kappa shape index (κ3) is 3.83. The molecule has 0 unspecified atom stereocenters. The van der Waals surface area contributed by atoms with Gasteiger partial charge in [0.2, 0.25) is 0 Å². The number of fused-ring (bicyclic) bond motifs is 1. The normalized spacial score (nSPS) is 10.7. The molecule has 0 aliphatic carbocycles. The number of unbranched alkanes of at least 4 members (excludes halogenated alkanes) is 2. The van der Waals surface area contributed by atoms with Gasteiger partial charge in [-0.3, -0.25) is 4.79 Å². The summed E-state index contributed by atoms with van der Waals surface area (Å²) in [5, 5.41) is 2.28. The van der Waals surface area contributed by atoms with Crippen molar-refractivity contribution in [2.75, 3.05) is 6.61 Å². The van der Waals surface area contributed by atoms with Gasteiger partial charge in [-0.15, -0.1) is 0 Å². The van der Waals surface area contributed by atoms with E-state index in [0.717, 1.165) is 35.1 Å². The van der Waals surface area contributed by atoms with Gasteiger partial charge in [0.25, 0.3) is 0 Å². The van der Waals surface area contributed by atoms with Crippen LogP contribution in [-0.2, 0) is 11.2 Å². The molecule has 2 rings (SSSR count). The van der Waals surface area contributed by atoms with E-state index >= 15 is 0 Å². The topological polar surface area (TPSA) is 26.3 Å². The van der Waals surface area contributed by atoms with Gasteiger partial charge in [0, 0.05) is 6.42 Å². The van der Waals surface area contributed by atoms with E-state index in [4.69, 9.17) is 4.74 Å². The van der Waals surface area contributed by atoms with E-state index in [1.807, 2.05) is 18.2 Å². The van der Waals surface area contributed by atoms with E-state index in [-0.39, 0.29) is 5.78 Å². The molecule has 0 atom stereocenters. The van der Waals surface area contributed by atoms with Crippen molar-refractivity contribution in [3.05, 3.63) is 42.0 Å². The minimum Gasteiger partial charge on any atom is -0.494 e.